The SMILES string of the molecule is Cc1nc(Cl)nc(N2CCC(C)(C)C2)c1N. The molecule has 0 bridgehead atoms. The third-order valence-electron chi connectivity index (χ3n) is 3.07. The summed E-state index contributed by atoms with van der Waals surface area (Å²) in [5.41, 5.74) is 7.70. The van der Waals surface area contributed by atoms with Crippen molar-refractivity contribution in [1.29, 1.82) is 0 Å². The summed E-state index contributed by atoms with van der Waals surface area (Å²) in [5.74, 6) is 0.781. The van der Waals surface area contributed by atoms with Crippen molar-refractivity contribution in [3.63, 3.8) is 0 Å². The van der Waals surface area contributed by atoms with E-state index in [-0.39, 0.29) is 5.28 Å². The number of nitrogen functional groups attached to an aromatic ring is 1. The van der Waals surface area contributed by atoms with E-state index in [0.29, 0.717) is 11.1 Å². The van der Waals surface area contributed by atoms with E-state index in [1.165, 1.54) is 0 Å². The molecule has 88 valence electrons. The number of halogens is 1. The zero-order valence-electron chi connectivity index (χ0n) is 9.92. The van der Waals surface area contributed by atoms with E-state index in [0.717, 1.165) is 31.0 Å². The lowest BCUT2D eigenvalue weighted by Gasteiger charge is -2.22. The monoisotopic (exact) mass is 240 g/mol. The standard InChI is InChI=1S/C11H17ClN4/c1-7-8(13)9(15-10(12)14-7)16-5-4-11(2,3)6-16/h4-6,13H2,1-3H3. The normalized spacial score (nSPS) is 19.1. The van der Waals surface area contributed by atoms with Gasteiger partial charge in [-0.05, 0) is 30.4 Å². The molecule has 0 atom stereocenters. The summed E-state index contributed by atoms with van der Waals surface area (Å²) < 4.78 is 0. The van der Waals surface area contributed by atoms with E-state index < -0.39 is 0 Å². The first-order chi connectivity index (χ1) is 7.39. The smallest absolute Gasteiger partial charge is 0.224 e. The van der Waals surface area contributed by atoms with Crippen molar-refractivity contribution < 1.29 is 0 Å². The second-order valence-corrected chi connectivity index (χ2v) is 5.49. The van der Waals surface area contributed by atoms with Gasteiger partial charge in [-0.25, -0.2) is 4.98 Å². The molecule has 0 radical (unpaired) electrons. The largest absolute Gasteiger partial charge is 0.394 e. The highest BCUT2D eigenvalue weighted by molar-refractivity contribution is 6.28. The van der Waals surface area contributed by atoms with Crippen LogP contribution in [0.1, 0.15) is 26.0 Å². The molecule has 0 spiro atoms. The summed E-state index contributed by atoms with van der Waals surface area (Å²) in [5, 5.41) is 0.270. The first-order valence-electron chi connectivity index (χ1n) is 5.44. The van der Waals surface area contributed by atoms with Crippen LogP contribution in [0.3, 0.4) is 0 Å². The van der Waals surface area contributed by atoms with E-state index in [9.17, 15) is 0 Å². The van der Waals surface area contributed by atoms with E-state index >= 15 is 0 Å². The fourth-order valence-electron chi connectivity index (χ4n) is 2.07. The van der Waals surface area contributed by atoms with Crippen molar-refractivity contribution in [3.8, 4) is 0 Å². The van der Waals surface area contributed by atoms with Gasteiger partial charge in [-0.1, -0.05) is 13.8 Å². The number of hydrogen-bond donors (Lipinski definition) is 1. The number of nitrogens with zero attached hydrogens (tertiary/aromatic N) is 3. The number of nitrogens with two attached hydrogens (primary N) is 1. The van der Waals surface area contributed by atoms with Gasteiger partial charge in [-0.3, -0.25) is 0 Å². The summed E-state index contributed by atoms with van der Waals surface area (Å²) in [6.07, 6.45) is 1.15. The molecule has 1 aromatic rings. The Bertz CT molecular complexity index is 417. The maximum atomic E-state index is 5.99. The van der Waals surface area contributed by atoms with E-state index in [1.807, 2.05) is 6.92 Å². The molecule has 2 rings (SSSR count). The minimum atomic E-state index is 0.270. The van der Waals surface area contributed by atoms with Crippen molar-refractivity contribution in [2.24, 2.45) is 5.41 Å². The fraction of sp³-hybridized carbons (Fsp3) is 0.636. The third-order valence-corrected chi connectivity index (χ3v) is 3.23. The molecule has 16 heavy (non-hydrogen) atoms. The van der Waals surface area contributed by atoms with Crippen LogP contribution in [0, 0.1) is 12.3 Å². The Morgan fingerprint density at radius 3 is 2.62 bits per heavy atom. The van der Waals surface area contributed by atoms with E-state index in [4.69, 9.17) is 17.3 Å². The second kappa shape index (κ2) is 3.77. The fourth-order valence-corrected chi connectivity index (χ4v) is 2.27. The Labute approximate surface area is 101 Å². The van der Waals surface area contributed by atoms with Crippen molar-refractivity contribution in [3.05, 3.63) is 11.0 Å². The predicted molar refractivity (Wildman–Crippen MR) is 66.8 cm³/mol. The molecular weight excluding hydrogens is 224 g/mol. The number of hydrogen-bond acceptors (Lipinski definition) is 4. The van der Waals surface area contributed by atoms with Crippen LogP contribution in [0.25, 0.3) is 0 Å². The molecule has 4 nitrogen and oxygen atoms in total. The molecule has 0 unspecified atom stereocenters. The first kappa shape index (κ1) is 11.5. The van der Waals surface area contributed by atoms with Crippen LogP contribution >= 0.6 is 11.6 Å². The van der Waals surface area contributed by atoms with Gasteiger partial charge in [0.2, 0.25) is 5.28 Å². The van der Waals surface area contributed by atoms with Crippen molar-refractivity contribution >= 4 is 23.1 Å². The second-order valence-electron chi connectivity index (χ2n) is 5.15. The van der Waals surface area contributed by atoms with E-state index in [1.54, 1.807) is 0 Å². The molecule has 5 heteroatoms. The Morgan fingerprint density at radius 2 is 2.06 bits per heavy atom. The minimum absolute atomic E-state index is 0.270. The van der Waals surface area contributed by atoms with Gasteiger partial charge in [-0.2, -0.15) is 4.98 Å². The van der Waals surface area contributed by atoms with Crippen LogP contribution in [-0.2, 0) is 0 Å². The lowest BCUT2D eigenvalue weighted by molar-refractivity contribution is 0.418. The van der Waals surface area contributed by atoms with Gasteiger partial charge in [0.15, 0.2) is 5.82 Å². The average molecular weight is 241 g/mol. The summed E-state index contributed by atoms with van der Waals surface area (Å²) >= 11 is 5.87. The summed E-state index contributed by atoms with van der Waals surface area (Å²) in [6, 6.07) is 0. The number of aryl methyl sites for hydroxylation is 1. The molecule has 0 saturated carbocycles. The Morgan fingerprint density at radius 1 is 1.38 bits per heavy atom. The number of anilines is 2. The molecular formula is C11H17ClN4. The summed E-state index contributed by atoms with van der Waals surface area (Å²) in [6.45, 7) is 8.29. The topological polar surface area (TPSA) is 55.0 Å². The van der Waals surface area contributed by atoms with Crippen LogP contribution in [0.5, 0.6) is 0 Å². The zero-order valence-corrected chi connectivity index (χ0v) is 10.7. The van der Waals surface area contributed by atoms with Crippen LogP contribution in [-0.4, -0.2) is 23.1 Å². The molecule has 1 fully saturated rings. The zero-order chi connectivity index (χ0) is 11.9. The average Bonchev–Trinajstić information content (AvgIpc) is 2.52. The molecule has 2 N–H and O–H groups in total. The van der Waals surface area contributed by atoms with Gasteiger partial charge in [0.1, 0.15) is 0 Å². The van der Waals surface area contributed by atoms with Gasteiger partial charge < -0.3 is 10.6 Å². The highest BCUT2D eigenvalue weighted by Crippen LogP contribution is 2.34. The van der Waals surface area contributed by atoms with Crippen LogP contribution < -0.4 is 10.6 Å². The van der Waals surface area contributed by atoms with Crippen molar-refractivity contribution in [2.45, 2.75) is 27.2 Å². The van der Waals surface area contributed by atoms with Crippen molar-refractivity contribution in [1.82, 2.24) is 9.97 Å². The maximum absolute atomic E-state index is 5.99. The van der Waals surface area contributed by atoms with Gasteiger partial charge in [0, 0.05) is 13.1 Å². The Balaban J connectivity index is 2.35. The van der Waals surface area contributed by atoms with Crippen LogP contribution in [0.4, 0.5) is 11.5 Å². The minimum Gasteiger partial charge on any atom is -0.394 e. The van der Waals surface area contributed by atoms with E-state index in [2.05, 4.69) is 28.7 Å². The molecule has 0 aromatic carbocycles. The van der Waals surface area contributed by atoms with Gasteiger partial charge >= 0.3 is 0 Å². The molecule has 1 aromatic heterocycles. The molecule has 1 saturated heterocycles. The van der Waals surface area contributed by atoms with Crippen LogP contribution in [0.15, 0.2) is 0 Å². The van der Waals surface area contributed by atoms with Gasteiger partial charge in [0.25, 0.3) is 0 Å². The quantitative estimate of drug-likeness (QED) is 0.765. The Kier molecular flexibility index (Phi) is 2.70. The highest BCUT2D eigenvalue weighted by atomic mass is 35.5. The highest BCUT2D eigenvalue weighted by Gasteiger charge is 2.31. The molecule has 1 aliphatic heterocycles. The molecule has 0 amide bonds. The Hall–Kier alpha value is -1.03. The van der Waals surface area contributed by atoms with Crippen LogP contribution in [0.2, 0.25) is 5.28 Å². The maximum Gasteiger partial charge on any atom is 0.224 e. The lowest BCUT2D eigenvalue weighted by atomic mass is 9.93. The molecule has 2 heterocycles. The summed E-state index contributed by atoms with van der Waals surface area (Å²) in [4.78, 5) is 10.5. The van der Waals surface area contributed by atoms with Gasteiger partial charge in [0.05, 0.1) is 11.4 Å². The van der Waals surface area contributed by atoms with Gasteiger partial charge in [-0.15, -0.1) is 0 Å². The lowest BCUT2D eigenvalue weighted by Crippen LogP contribution is -2.25. The number of aromatic nitrogens is 2. The number of rotatable bonds is 1. The first-order valence-corrected chi connectivity index (χ1v) is 5.81. The molecule has 0 aliphatic carbocycles. The summed E-state index contributed by atoms with van der Waals surface area (Å²) in [7, 11) is 0. The molecule has 1 aliphatic rings. The van der Waals surface area contributed by atoms with Crippen molar-refractivity contribution in [2.75, 3.05) is 23.7 Å². The third kappa shape index (κ3) is 2.07. The predicted octanol–water partition coefficient (Wildman–Crippen LogP) is 2.26.